The highest BCUT2D eigenvalue weighted by molar-refractivity contribution is 5.23. The Morgan fingerprint density at radius 3 is 1.13 bits per heavy atom. The summed E-state index contributed by atoms with van der Waals surface area (Å²) in [6, 6.07) is 8.98. The second kappa shape index (κ2) is 15.0. The number of benzene rings is 1. The first-order valence-corrected chi connectivity index (χ1v) is 11.8. The number of aryl methyl sites for hydroxylation is 2. The Kier molecular flexibility index (Phi) is 13.5. The summed E-state index contributed by atoms with van der Waals surface area (Å²) in [4.78, 5) is 0. The van der Waals surface area contributed by atoms with Gasteiger partial charge in [-0.2, -0.15) is 0 Å². The molecule has 2 unspecified atom stereocenters. The highest BCUT2D eigenvalue weighted by Gasteiger charge is 2.14. The van der Waals surface area contributed by atoms with Crippen molar-refractivity contribution in [1.82, 2.24) is 0 Å². The smallest absolute Gasteiger partial charge is 0.0815 e. The summed E-state index contributed by atoms with van der Waals surface area (Å²) in [5.74, 6) is 0. The predicted octanol–water partition coefficient (Wildman–Crippen LogP) is 5.99. The van der Waals surface area contributed by atoms with E-state index in [-0.39, 0.29) is 36.6 Å². The van der Waals surface area contributed by atoms with Crippen LogP contribution in [0.2, 0.25) is 0 Å². The molecular formula is C26H46O4. The maximum atomic E-state index is 6.03. The first-order valence-electron chi connectivity index (χ1n) is 11.8. The molecule has 0 saturated carbocycles. The maximum Gasteiger partial charge on any atom is 0.0815 e. The molecule has 0 bridgehead atoms. The van der Waals surface area contributed by atoms with Crippen molar-refractivity contribution in [2.75, 3.05) is 13.2 Å². The van der Waals surface area contributed by atoms with Crippen LogP contribution in [0.3, 0.4) is 0 Å². The Labute approximate surface area is 185 Å². The molecule has 0 radical (unpaired) electrons. The average molecular weight is 423 g/mol. The zero-order valence-corrected chi connectivity index (χ0v) is 20.6. The third kappa shape index (κ3) is 13.4. The van der Waals surface area contributed by atoms with Gasteiger partial charge in [0.2, 0.25) is 0 Å². The zero-order chi connectivity index (χ0) is 22.5. The molecular weight excluding hydrogens is 376 g/mol. The van der Waals surface area contributed by atoms with E-state index in [1.807, 2.05) is 0 Å². The quantitative estimate of drug-likeness (QED) is 0.328. The minimum Gasteiger partial charge on any atom is -0.376 e. The molecule has 0 spiro atoms. The number of hydrogen-bond acceptors (Lipinski definition) is 4. The van der Waals surface area contributed by atoms with E-state index in [0.29, 0.717) is 13.2 Å². The van der Waals surface area contributed by atoms with E-state index < -0.39 is 0 Å². The summed E-state index contributed by atoms with van der Waals surface area (Å²) in [7, 11) is 0. The molecule has 0 amide bonds. The van der Waals surface area contributed by atoms with Gasteiger partial charge in [0.1, 0.15) is 0 Å². The molecule has 0 aliphatic rings. The molecule has 0 aliphatic carbocycles. The normalized spacial score (nSPS) is 14.3. The van der Waals surface area contributed by atoms with Crippen molar-refractivity contribution < 1.29 is 18.9 Å². The Morgan fingerprint density at radius 1 is 0.533 bits per heavy atom. The minimum absolute atomic E-state index is 0.141. The lowest BCUT2D eigenvalue weighted by molar-refractivity contribution is -0.0612. The molecule has 30 heavy (non-hydrogen) atoms. The third-order valence-electron chi connectivity index (χ3n) is 4.69. The standard InChI is InChI=1S/C26H46O4/c1-19(2)27-17-25(29-21(5)6)15-13-23-9-11-24(12-10-23)14-16-26(30-22(7)8)18-28-20(3)4/h9-12,19-22,25-26H,13-18H2,1-8H3. The molecule has 1 aromatic carbocycles. The first-order chi connectivity index (χ1) is 14.2. The summed E-state index contributed by atoms with van der Waals surface area (Å²) >= 11 is 0. The Morgan fingerprint density at radius 2 is 0.867 bits per heavy atom. The van der Waals surface area contributed by atoms with Crippen LogP contribution < -0.4 is 0 Å². The van der Waals surface area contributed by atoms with Crippen LogP contribution >= 0.6 is 0 Å². The summed E-state index contributed by atoms with van der Waals surface area (Å²) in [6.07, 6.45) is 5.13. The van der Waals surface area contributed by atoms with E-state index in [9.17, 15) is 0 Å². The Hall–Kier alpha value is -0.940. The van der Waals surface area contributed by atoms with Crippen LogP contribution in [0.4, 0.5) is 0 Å². The fourth-order valence-electron chi connectivity index (χ4n) is 3.28. The fourth-order valence-corrected chi connectivity index (χ4v) is 3.28. The van der Waals surface area contributed by atoms with Gasteiger partial charge in [-0.15, -0.1) is 0 Å². The molecule has 1 rings (SSSR count). The topological polar surface area (TPSA) is 36.9 Å². The molecule has 0 aliphatic heterocycles. The second-order valence-electron chi connectivity index (χ2n) is 9.27. The minimum atomic E-state index is 0.141. The molecule has 0 heterocycles. The lowest BCUT2D eigenvalue weighted by Crippen LogP contribution is -2.26. The van der Waals surface area contributed by atoms with Gasteiger partial charge in [-0.25, -0.2) is 0 Å². The van der Waals surface area contributed by atoms with Gasteiger partial charge in [-0.05, 0) is 92.2 Å². The molecule has 0 aromatic heterocycles. The Bertz CT molecular complexity index is 487. The van der Waals surface area contributed by atoms with Crippen molar-refractivity contribution in [3.8, 4) is 0 Å². The van der Waals surface area contributed by atoms with Gasteiger partial charge in [-0.1, -0.05) is 24.3 Å². The monoisotopic (exact) mass is 422 g/mol. The molecule has 174 valence electrons. The molecule has 0 fully saturated rings. The first kappa shape index (κ1) is 27.1. The highest BCUT2D eigenvalue weighted by Crippen LogP contribution is 2.15. The summed E-state index contributed by atoms with van der Waals surface area (Å²) in [6.45, 7) is 17.9. The van der Waals surface area contributed by atoms with Crippen LogP contribution in [-0.4, -0.2) is 49.8 Å². The van der Waals surface area contributed by atoms with Crippen LogP contribution in [0.5, 0.6) is 0 Å². The van der Waals surface area contributed by atoms with E-state index >= 15 is 0 Å². The van der Waals surface area contributed by atoms with Gasteiger partial charge < -0.3 is 18.9 Å². The van der Waals surface area contributed by atoms with Gasteiger partial charge in [0.05, 0.1) is 49.8 Å². The number of hydrogen-bond donors (Lipinski definition) is 0. The van der Waals surface area contributed by atoms with Gasteiger partial charge in [0.15, 0.2) is 0 Å². The largest absolute Gasteiger partial charge is 0.376 e. The van der Waals surface area contributed by atoms with E-state index in [0.717, 1.165) is 25.7 Å². The SMILES string of the molecule is CC(C)OCC(CCc1ccc(CCC(COC(C)C)OC(C)C)cc1)OC(C)C. The van der Waals surface area contributed by atoms with Crippen LogP contribution in [-0.2, 0) is 31.8 Å². The van der Waals surface area contributed by atoms with Gasteiger partial charge >= 0.3 is 0 Å². The lowest BCUT2D eigenvalue weighted by Gasteiger charge is -2.22. The fraction of sp³-hybridized carbons (Fsp3) is 0.769. The van der Waals surface area contributed by atoms with Crippen LogP contribution in [0.1, 0.15) is 79.4 Å². The summed E-state index contributed by atoms with van der Waals surface area (Å²) < 4.78 is 23.6. The average Bonchev–Trinajstić information content (AvgIpc) is 2.66. The van der Waals surface area contributed by atoms with E-state index in [1.165, 1.54) is 11.1 Å². The zero-order valence-electron chi connectivity index (χ0n) is 20.6. The van der Waals surface area contributed by atoms with Crippen molar-refractivity contribution in [1.29, 1.82) is 0 Å². The van der Waals surface area contributed by atoms with E-state index in [4.69, 9.17) is 18.9 Å². The number of rotatable bonds is 16. The van der Waals surface area contributed by atoms with Crippen molar-refractivity contribution in [2.24, 2.45) is 0 Å². The van der Waals surface area contributed by atoms with Gasteiger partial charge in [0, 0.05) is 0 Å². The molecule has 0 saturated heterocycles. The molecule has 2 atom stereocenters. The summed E-state index contributed by atoms with van der Waals surface area (Å²) in [5.41, 5.74) is 2.69. The molecule has 4 nitrogen and oxygen atoms in total. The van der Waals surface area contributed by atoms with Gasteiger partial charge in [0.25, 0.3) is 0 Å². The van der Waals surface area contributed by atoms with Gasteiger partial charge in [-0.3, -0.25) is 0 Å². The van der Waals surface area contributed by atoms with Crippen LogP contribution in [0.25, 0.3) is 0 Å². The van der Waals surface area contributed by atoms with Crippen molar-refractivity contribution in [3.05, 3.63) is 35.4 Å². The molecule has 0 N–H and O–H groups in total. The van der Waals surface area contributed by atoms with E-state index in [1.54, 1.807) is 0 Å². The second-order valence-corrected chi connectivity index (χ2v) is 9.27. The maximum absolute atomic E-state index is 6.03. The Balaban J connectivity index is 2.51. The van der Waals surface area contributed by atoms with Crippen LogP contribution in [0.15, 0.2) is 24.3 Å². The predicted molar refractivity (Wildman–Crippen MR) is 125 cm³/mol. The van der Waals surface area contributed by atoms with Crippen molar-refractivity contribution in [2.45, 2.75) is 118 Å². The number of ether oxygens (including phenoxy) is 4. The molecule has 1 aromatic rings. The highest BCUT2D eigenvalue weighted by atomic mass is 16.5. The third-order valence-corrected chi connectivity index (χ3v) is 4.69. The summed E-state index contributed by atoms with van der Waals surface area (Å²) in [5, 5.41) is 0. The van der Waals surface area contributed by atoms with Crippen molar-refractivity contribution in [3.63, 3.8) is 0 Å². The molecule has 4 heteroatoms. The lowest BCUT2D eigenvalue weighted by atomic mass is 10.0. The van der Waals surface area contributed by atoms with Crippen molar-refractivity contribution >= 4 is 0 Å². The van der Waals surface area contributed by atoms with E-state index in [2.05, 4.69) is 79.7 Å². The van der Waals surface area contributed by atoms with Crippen LogP contribution in [0, 0.1) is 0 Å².